The molecular weight excluding hydrogens is 246 g/mol. The number of rotatable bonds is 5. The molecule has 2 nitrogen and oxygen atoms in total. The largest absolute Gasteiger partial charge is 0.493 e. The molecule has 0 amide bonds. The summed E-state index contributed by atoms with van der Waals surface area (Å²) in [5, 5.41) is 0. The topological polar surface area (TPSA) is 35.2 Å². The number of fused-ring (bicyclic) bond motifs is 3. The van der Waals surface area contributed by atoms with Crippen molar-refractivity contribution in [3.8, 4) is 16.9 Å². The fraction of sp³-hybridized carbons (Fsp3) is 0.333. The van der Waals surface area contributed by atoms with E-state index in [4.69, 9.17) is 10.5 Å². The van der Waals surface area contributed by atoms with Crippen molar-refractivity contribution in [1.82, 2.24) is 0 Å². The van der Waals surface area contributed by atoms with E-state index < -0.39 is 0 Å². The molecule has 0 saturated carbocycles. The Bertz CT molecular complexity index is 604. The third-order valence-electron chi connectivity index (χ3n) is 3.87. The van der Waals surface area contributed by atoms with Gasteiger partial charge in [-0.05, 0) is 42.5 Å². The van der Waals surface area contributed by atoms with E-state index in [2.05, 4.69) is 42.5 Å². The third kappa shape index (κ3) is 2.56. The summed E-state index contributed by atoms with van der Waals surface area (Å²) in [6.07, 6.45) is 3.00. The van der Waals surface area contributed by atoms with Crippen molar-refractivity contribution < 1.29 is 4.74 Å². The Morgan fingerprint density at radius 1 is 1.10 bits per heavy atom. The van der Waals surface area contributed by atoms with Crippen LogP contribution >= 0.6 is 0 Å². The Labute approximate surface area is 120 Å². The average molecular weight is 267 g/mol. The van der Waals surface area contributed by atoms with Gasteiger partial charge >= 0.3 is 0 Å². The quantitative estimate of drug-likeness (QED) is 0.714. The van der Waals surface area contributed by atoms with Gasteiger partial charge < -0.3 is 10.5 Å². The molecule has 2 heteroatoms. The number of benzene rings is 2. The first kappa shape index (κ1) is 13.2. The zero-order chi connectivity index (χ0) is 13.9. The first-order chi connectivity index (χ1) is 9.75. The molecule has 0 bridgehead atoms. The first-order valence-corrected chi connectivity index (χ1v) is 7.34. The van der Waals surface area contributed by atoms with Gasteiger partial charge in [0.05, 0.1) is 6.61 Å². The van der Waals surface area contributed by atoms with Crippen LogP contribution in [0.4, 0.5) is 0 Å². The molecule has 1 aliphatic carbocycles. The summed E-state index contributed by atoms with van der Waals surface area (Å²) in [5.41, 5.74) is 11.2. The highest BCUT2D eigenvalue weighted by Crippen LogP contribution is 2.40. The molecule has 1 unspecified atom stereocenters. The standard InChI is InChI=1S/C18H21NO/c1-13(19)6-5-11-20-18-10-4-9-16-15-8-3-2-7-14(15)12-17(16)18/h2-4,7-10,13H,5-6,11-12,19H2,1H3. The second kappa shape index (κ2) is 5.68. The Kier molecular flexibility index (Phi) is 3.75. The molecule has 1 atom stereocenters. The van der Waals surface area contributed by atoms with Gasteiger partial charge in [-0.15, -0.1) is 0 Å². The summed E-state index contributed by atoms with van der Waals surface area (Å²) in [6.45, 7) is 2.78. The maximum atomic E-state index is 5.97. The molecular formula is C18H21NO. The van der Waals surface area contributed by atoms with Crippen molar-refractivity contribution in [2.75, 3.05) is 6.61 Å². The van der Waals surface area contributed by atoms with Crippen molar-refractivity contribution in [1.29, 1.82) is 0 Å². The van der Waals surface area contributed by atoms with Crippen LogP contribution in [0.25, 0.3) is 11.1 Å². The Balaban J connectivity index is 1.76. The second-order valence-corrected chi connectivity index (χ2v) is 5.58. The zero-order valence-corrected chi connectivity index (χ0v) is 11.9. The molecule has 1 aliphatic rings. The Morgan fingerprint density at radius 3 is 2.75 bits per heavy atom. The molecule has 2 aromatic carbocycles. The highest BCUT2D eigenvalue weighted by Gasteiger charge is 2.20. The van der Waals surface area contributed by atoms with Crippen LogP contribution in [0.5, 0.6) is 5.75 Å². The lowest BCUT2D eigenvalue weighted by Gasteiger charge is -2.11. The lowest BCUT2D eigenvalue weighted by molar-refractivity contribution is 0.300. The molecule has 2 N–H and O–H groups in total. The molecule has 0 aliphatic heterocycles. The number of hydrogen-bond donors (Lipinski definition) is 1. The normalized spacial score (nSPS) is 13.7. The van der Waals surface area contributed by atoms with Crippen molar-refractivity contribution in [3.05, 3.63) is 53.6 Å². The minimum atomic E-state index is 0.254. The fourth-order valence-corrected chi connectivity index (χ4v) is 2.85. The van der Waals surface area contributed by atoms with Gasteiger partial charge in [0.25, 0.3) is 0 Å². The Morgan fingerprint density at radius 2 is 1.90 bits per heavy atom. The summed E-state index contributed by atoms with van der Waals surface area (Å²) >= 11 is 0. The predicted molar refractivity (Wildman–Crippen MR) is 83.1 cm³/mol. The van der Waals surface area contributed by atoms with E-state index in [1.807, 2.05) is 6.92 Å². The predicted octanol–water partition coefficient (Wildman–Crippen LogP) is 3.76. The summed E-state index contributed by atoms with van der Waals surface area (Å²) < 4.78 is 5.97. The summed E-state index contributed by atoms with van der Waals surface area (Å²) in [4.78, 5) is 0. The van der Waals surface area contributed by atoms with E-state index in [0.29, 0.717) is 0 Å². The number of hydrogen-bond acceptors (Lipinski definition) is 2. The minimum absolute atomic E-state index is 0.254. The van der Waals surface area contributed by atoms with E-state index in [-0.39, 0.29) is 6.04 Å². The van der Waals surface area contributed by atoms with Crippen LogP contribution in [0.15, 0.2) is 42.5 Å². The molecule has 0 saturated heterocycles. The molecule has 0 aromatic heterocycles. The van der Waals surface area contributed by atoms with Crippen LogP contribution < -0.4 is 10.5 Å². The third-order valence-corrected chi connectivity index (χ3v) is 3.87. The minimum Gasteiger partial charge on any atom is -0.493 e. The molecule has 2 aromatic rings. The molecule has 0 fully saturated rings. The van der Waals surface area contributed by atoms with Crippen LogP contribution in [-0.4, -0.2) is 12.6 Å². The SMILES string of the molecule is CC(N)CCCOc1cccc2c1Cc1ccccc1-2. The lowest BCUT2D eigenvalue weighted by atomic mass is 10.1. The van der Waals surface area contributed by atoms with E-state index in [9.17, 15) is 0 Å². The van der Waals surface area contributed by atoms with Gasteiger partial charge in [-0.25, -0.2) is 0 Å². The highest BCUT2D eigenvalue weighted by molar-refractivity contribution is 5.78. The molecule has 3 rings (SSSR count). The van der Waals surface area contributed by atoms with Gasteiger partial charge in [0.2, 0.25) is 0 Å². The van der Waals surface area contributed by atoms with Crippen molar-refractivity contribution in [2.45, 2.75) is 32.2 Å². The molecule has 104 valence electrons. The maximum Gasteiger partial charge on any atom is 0.123 e. The van der Waals surface area contributed by atoms with Crippen molar-refractivity contribution in [2.24, 2.45) is 5.73 Å². The number of ether oxygens (including phenoxy) is 1. The monoisotopic (exact) mass is 267 g/mol. The van der Waals surface area contributed by atoms with E-state index in [0.717, 1.165) is 31.6 Å². The summed E-state index contributed by atoms with van der Waals surface area (Å²) in [5.74, 6) is 1.03. The van der Waals surface area contributed by atoms with Crippen LogP contribution in [0, 0.1) is 0 Å². The summed E-state index contributed by atoms with van der Waals surface area (Å²) in [6, 6.07) is 15.2. The molecule has 0 radical (unpaired) electrons. The maximum absolute atomic E-state index is 5.97. The molecule has 20 heavy (non-hydrogen) atoms. The van der Waals surface area contributed by atoms with Gasteiger partial charge in [0, 0.05) is 18.0 Å². The van der Waals surface area contributed by atoms with Crippen LogP contribution in [-0.2, 0) is 6.42 Å². The first-order valence-electron chi connectivity index (χ1n) is 7.34. The van der Waals surface area contributed by atoms with Crippen LogP contribution in [0.1, 0.15) is 30.9 Å². The van der Waals surface area contributed by atoms with Gasteiger partial charge in [0.15, 0.2) is 0 Å². The highest BCUT2D eigenvalue weighted by atomic mass is 16.5. The molecule has 0 spiro atoms. The Hall–Kier alpha value is -1.80. The van der Waals surface area contributed by atoms with Gasteiger partial charge in [-0.1, -0.05) is 36.4 Å². The smallest absolute Gasteiger partial charge is 0.123 e. The van der Waals surface area contributed by atoms with Gasteiger partial charge in [0.1, 0.15) is 5.75 Å². The molecule has 0 heterocycles. The van der Waals surface area contributed by atoms with Gasteiger partial charge in [-0.3, -0.25) is 0 Å². The van der Waals surface area contributed by atoms with E-state index in [1.165, 1.54) is 22.3 Å². The van der Waals surface area contributed by atoms with Crippen LogP contribution in [0.3, 0.4) is 0 Å². The lowest BCUT2D eigenvalue weighted by Crippen LogP contribution is -2.15. The fourth-order valence-electron chi connectivity index (χ4n) is 2.85. The second-order valence-electron chi connectivity index (χ2n) is 5.58. The number of nitrogens with two attached hydrogens (primary N) is 1. The van der Waals surface area contributed by atoms with Gasteiger partial charge in [-0.2, -0.15) is 0 Å². The van der Waals surface area contributed by atoms with Crippen molar-refractivity contribution >= 4 is 0 Å². The van der Waals surface area contributed by atoms with Crippen LogP contribution in [0.2, 0.25) is 0 Å². The average Bonchev–Trinajstić information content (AvgIpc) is 2.83. The van der Waals surface area contributed by atoms with Crippen molar-refractivity contribution in [3.63, 3.8) is 0 Å². The van der Waals surface area contributed by atoms with E-state index >= 15 is 0 Å². The summed E-state index contributed by atoms with van der Waals surface area (Å²) in [7, 11) is 0. The zero-order valence-electron chi connectivity index (χ0n) is 11.9. The van der Waals surface area contributed by atoms with E-state index in [1.54, 1.807) is 0 Å².